The van der Waals surface area contributed by atoms with Crippen LogP contribution in [0.15, 0.2) is 30.5 Å². The Kier molecular flexibility index (Phi) is 4.11. The number of hydrogen-bond acceptors (Lipinski definition) is 2. The lowest BCUT2D eigenvalue weighted by atomic mass is 10.0. The first-order valence-electron chi connectivity index (χ1n) is 9.02. The summed E-state index contributed by atoms with van der Waals surface area (Å²) in [5.41, 5.74) is 1.91. The van der Waals surface area contributed by atoms with E-state index in [0.29, 0.717) is 6.54 Å². The molecule has 3 nitrogen and oxygen atoms in total. The Balaban J connectivity index is 1.99. The van der Waals surface area contributed by atoms with Crippen molar-refractivity contribution in [3.05, 3.63) is 36.0 Å². The first-order valence-corrected chi connectivity index (χ1v) is 9.02. The number of fused-ring (bicyclic) bond motifs is 1. The van der Waals surface area contributed by atoms with Gasteiger partial charge < -0.3 is 9.67 Å². The van der Waals surface area contributed by atoms with Gasteiger partial charge in [0.25, 0.3) is 0 Å². The average molecular weight is 327 g/mol. The summed E-state index contributed by atoms with van der Waals surface area (Å²) in [7, 11) is 0. The van der Waals surface area contributed by atoms with Crippen LogP contribution in [0.25, 0.3) is 10.9 Å². The number of para-hydroxylation sites is 1. The standard InChI is InChI=1S/C21H29NO2/c1-6-9-14(23)12-22-13-16(15-10-7-8-11-17(15)22)18(24)19-20(2,3)21(19,4)5/h7-8,10-11,13-14,19,23H,6,9,12H2,1-5H3/t14-/m1/s1. The zero-order valence-corrected chi connectivity index (χ0v) is 15.5. The van der Waals surface area contributed by atoms with Crippen LogP contribution in [0.4, 0.5) is 0 Å². The van der Waals surface area contributed by atoms with E-state index < -0.39 is 0 Å². The molecule has 3 heteroatoms. The highest BCUT2D eigenvalue weighted by molar-refractivity contribution is 6.11. The fourth-order valence-corrected chi connectivity index (χ4v) is 4.25. The van der Waals surface area contributed by atoms with Gasteiger partial charge in [-0.3, -0.25) is 4.79 Å². The molecule has 0 spiro atoms. The fraction of sp³-hybridized carbons (Fsp3) is 0.571. The van der Waals surface area contributed by atoms with Crippen LogP contribution < -0.4 is 0 Å². The van der Waals surface area contributed by atoms with Gasteiger partial charge in [-0.25, -0.2) is 0 Å². The molecule has 2 aromatic rings. The third-order valence-electron chi connectivity index (χ3n) is 6.37. The van der Waals surface area contributed by atoms with Crippen molar-refractivity contribution in [3.8, 4) is 0 Å². The second-order valence-corrected chi connectivity index (χ2v) is 8.40. The predicted molar refractivity (Wildman–Crippen MR) is 98.2 cm³/mol. The Hall–Kier alpha value is -1.61. The minimum atomic E-state index is -0.373. The Bertz CT molecular complexity index is 755. The molecular weight excluding hydrogens is 298 g/mol. The molecule has 0 unspecified atom stereocenters. The molecule has 0 radical (unpaired) electrons. The first kappa shape index (κ1) is 17.2. The minimum absolute atomic E-state index is 0.0367. The van der Waals surface area contributed by atoms with Crippen molar-refractivity contribution in [2.45, 2.75) is 60.1 Å². The topological polar surface area (TPSA) is 42.2 Å². The van der Waals surface area contributed by atoms with Crippen molar-refractivity contribution in [3.63, 3.8) is 0 Å². The highest BCUT2D eigenvalue weighted by atomic mass is 16.3. The predicted octanol–water partition coefficient (Wildman–Crippen LogP) is 4.67. The third-order valence-corrected chi connectivity index (χ3v) is 6.37. The van der Waals surface area contributed by atoms with Crippen molar-refractivity contribution in [1.29, 1.82) is 0 Å². The maximum absolute atomic E-state index is 13.2. The van der Waals surface area contributed by atoms with Crippen LogP contribution >= 0.6 is 0 Å². The number of aliphatic hydroxyl groups is 1. The van der Waals surface area contributed by atoms with E-state index in [-0.39, 0.29) is 28.6 Å². The highest BCUT2D eigenvalue weighted by Crippen LogP contribution is 2.69. The van der Waals surface area contributed by atoms with Crippen molar-refractivity contribution in [2.24, 2.45) is 16.7 Å². The molecule has 1 aliphatic carbocycles. The number of benzene rings is 1. The van der Waals surface area contributed by atoms with Crippen LogP contribution in [0, 0.1) is 16.7 Å². The molecule has 1 N–H and O–H groups in total. The van der Waals surface area contributed by atoms with Crippen LogP contribution in [0.1, 0.15) is 57.8 Å². The molecule has 0 bridgehead atoms. The summed E-state index contributed by atoms with van der Waals surface area (Å²) in [5.74, 6) is 0.301. The van der Waals surface area contributed by atoms with Gasteiger partial charge in [-0.05, 0) is 23.3 Å². The summed E-state index contributed by atoms with van der Waals surface area (Å²) >= 11 is 0. The second-order valence-electron chi connectivity index (χ2n) is 8.40. The summed E-state index contributed by atoms with van der Waals surface area (Å²) in [4.78, 5) is 13.2. The third kappa shape index (κ3) is 2.50. The first-order chi connectivity index (χ1) is 11.2. The van der Waals surface area contributed by atoms with Crippen LogP contribution in [-0.4, -0.2) is 21.6 Å². The molecule has 1 aromatic heterocycles. The number of ketones is 1. The summed E-state index contributed by atoms with van der Waals surface area (Å²) in [6.45, 7) is 11.3. The maximum atomic E-state index is 13.2. The molecule has 0 saturated heterocycles. The SMILES string of the molecule is CCC[C@@H](O)Cn1cc(C(=O)C2C(C)(C)C2(C)C)c2ccccc21. The van der Waals surface area contributed by atoms with Crippen LogP contribution in [0.5, 0.6) is 0 Å². The van der Waals surface area contributed by atoms with Gasteiger partial charge in [0.1, 0.15) is 0 Å². The van der Waals surface area contributed by atoms with Gasteiger partial charge in [-0.15, -0.1) is 0 Å². The quantitative estimate of drug-likeness (QED) is 0.784. The van der Waals surface area contributed by atoms with Gasteiger partial charge in [0.15, 0.2) is 5.78 Å². The lowest BCUT2D eigenvalue weighted by molar-refractivity contribution is 0.0946. The largest absolute Gasteiger partial charge is 0.391 e. The molecule has 3 rings (SSSR count). The summed E-state index contributed by atoms with van der Waals surface area (Å²) in [5, 5.41) is 11.2. The maximum Gasteiger partial charge on any atom is 0.169 e. The van der Waals surface area contributed by atoms with Gasteiger partial charge in [0.2, 0.25) is 0 Å². The Morgan fingerprint density at radius 2 is 1.83 bits per heavy atom. The fourth-order valence-electron chi connectivity index (χ4n) is 4.25. The normalized spacial score (nSPS) is 20.2. The summed E-state index contributed by atoms with van der Waals surface area (Å²) in [6, 6.07) is 8.03. The number of rotatable bonds is 6. The molecule has 1 atom stereocenters. The number of hydrogen-bond donors (Lipinski definition) is 1. The Morgan fingerprint density at radius 3 is 2.42 bits per heavy atom. The molecule has 1 heterocycles. The van der Waals surface area contributed by atoms with Gasteiger partial charge >= 0.3 is 0 Å². The molecule has 0 aliphatic heterocycles. The van der Waals surface area contributed by atoms with Crippen LogP contribution in [0.3, 0.4) is 0 Å². The smallest absolute Gasteiger partial charge is 0.169 e. The molecule has 0 amide bonds. The van der Waals surface area contributed by atoms with Gasteiger partial charge in [-0.2, -0.15) is 0 Å². The summed E-state index contributed by atoms with van der Waals surface area (Å²) < 4.78 is 2.05. The second kappa shape index (κ2) is 5.73. The van der Waals surface area contributed by atoms with Crippen molar-refractivity contribution >= 4 is 16.7 Å². The Morgan fingerprint density at radius 1 is 1.21 bits per heavy atom. The summed E-state index contributed by atoms with van der Waals surface area (Å²) in [6.07, 6.45) is 3.31. The lowest BCUT2D eigenvalue weighted by Gasteiger charge is -2.11. The zero-order chi connectivity index (χ0) is 17.7. The number of aromatic nitrogens is 1. The van der Waals surface area contributed by atoms with E-state index in [1.165, 1.54) is 0 Å². The van der Waals surface area contributed by atoms with Gasteiger partial charge in [0.05, 0.1) is 6.10 Å². The molecule has 130 valence electrons. The van der Waals surface area contributed by atoms with Crippen LogP contribution in [0.2, 0.25) is 0 Å². The zero-order valence-electron chi connectivity index (χ0n) is 15.5. The van der Waals surface area contributed by atoms with Crippen molar-refractivity contribution in [1.82, 2.24) is 4.57 Å². The van der Waals surface area contributed by atoms with E-state index >= 15 is 0 Å². The van der Waals surface area contributed by atoms with E-state index in [1.807, 2.05) is 35.0 Å². The van der Waals surface area contributed by atoms with E-state index in [2.05, 4.69) is 34.6 Å². The van der Waals surface area contributed by atoms with Crippen molar-refractivity contribution in [2.75, 3.05) is 0 Å². The number of aliphatic hydroxyl groups excluding tert-OH is 1. The van der Waals surface area contributed by atoms with E-state index in [4.69, 9.17) is 0 Å². The molecule has 1 aliphatic rings. The van der Waals surface area contributed by atoms with Crippen LogP contribution in [-0.2, 0) is 6.54 Å². The molecular formula is C21H29NO2. The van der Waals surface area contributed by atoms with Crippen molar-refractivity contribution < 1.29 is 9.90 Å². The number of Topliss-reactive ketones (excluding diaryl/α,β-unsaturated/α-hetero) is 1. The van der Waals surface area contributed by atoms with E-state index in [0.717, 1.165) is 29.3 Å². The van der Waals surface area contributed by atoms with Gasteiger partial charge in [0, 0.05) is 35.1 Å². The number of carbonyl (C=O) groups excluding carboxylic acids is 1. The monoisotopic (exact) mass is 327 g/mol. The molecule has 1 aromatic carbocycles. The minimum Gasteiger partial charge on any atom is -0.391 e. The molecule has 1 fully saturated rings. The number of nitrogens with zero attached hydrogens (tertiary/aromatic N) is 1. The van der Waals surface area contributed by atoms with Gasteiger partial charge in [-0.1, -0.05) is 59.2 Å². The molecule has 24 heavy (non-hydrogen) atoms. The Labute approximate surface area is 144 Å². The average Bonchev–Trinajstić information content (AvgIpc) is 2.80. The lowest BCUT2D eigenvalue weighted by Crippen LogP contribution is -2.15. The van der Waals surface area contributed by atoms with E-state index in [1.54, 1.807) is 0 Å². The van der Waals surface area contributed by atoms with E-state index in [9.17, 15) is 9.90 Å². The number of carbonyl (C=O) groups is 1. The highest BCUT2D eigenvalue weighted by Gasteiger charge is 2.68. The molecule has 1 saturated carbocycles.